The second-order valence-corrected chi connectivity index (χ2v) is 4.54. The van der Waals surface area contributed by atoms with Crippen LogP contribution in [0.5, 0.6) is 0 Å². The largest absolute Gasteiger partial charge is 0.336 e. The van der Waals surface area contributed by atoms with Gasteiger partial charge >= 0.3 is 0 Å². The molecule has 0 saturated carbocycles. The van der Waals surface area contributed by atoms with E-state index >= 15 is 0 Å². The Hall–Kier alpha value is -1.61. The third-order valence-corrected chi connectivity index (χ3v) is 2.69. The quantitative estimate of drug-likeness (QED) is 0.854. The van der Waals surface area contributed by atoms with Gasteiger partial charge in [0.15, 0.2) is 0 Å². The lowest BCUT2D eigenvalue weighted by Crippen LogP contribution is -2.31. The first kappa shape index (κ1) is 11.9. The van der Waals surface area contributed by atoms with Crippen LogP contribution in [0.4, 0.5) is 0 Å². The van der Waals surface area contributed by atoms with Crippen molar-refractivity contribution in [3.05, 3.63) is 54.6 Å². The summed E-state index contributed by atoms with van der Waals surface area (Å²) in [6.45, 7) is 5.25. The molecule has 1 aromatic carbocycles. The fourth-order valence-electron chi connectivity index (χ4n) is 1.95. The molecule has 3 nitrogen and oxygen atoms in total. The fourth-order valence-corrected chi connectivity index (χ4v) is 1.95. The second kappa shape index (κ2) is 5.64. The van der Waals surface area contributed by atoms with Crippen molar-refractivity contribution in [2.24, 2.45) is 0 Å². The van der Waals surface area contributed by atoms with Crippen LogP contribution in [-0.2, 0) is 6.54 Å². The van der Waals surface area contributed by atoms with Crippen LogP contribution in [0, 0.1) is 0 Å². The van der Waals surface area contributed by atoms with E-state index in [4.69, 9.17) is 0 Å². The summed E-state index contributed by atoms with van der Waals surface area (Å²) in [5.74, 6) is 0. The Morgan fingerprint density at radius 1 is 1.24 bits per heavy atom. The topological polar surface area (TPSA) is 29.9 Å². The molecule has 1 atom stereocenters. The van der Waals surface area contributed by atoms with Gasteiger partial charge in [-0.3, -0.25) is 0 Å². The summed E-state index contributed by atoms with van der Waals surface area (Å²) < 4.78 is 2.10. The first-order valence-electron chi connectivity index (χ1n) is 6.02. The number of imidazole rings is 1. The Balaban J connectivity index is 2.14. The Labute approximate surface area is 103 Å². The molecule has 0 aliphatic rings. The van der Waals surface area contributed by atoms with E-state index in [1.165, 1.54) is 5.56 Å². The van der Waals surface area contributed by atoms with Gasteiger partial charge < -0.3 is 9.88 Å². The van der Waals surface area contributed by atoms with E-state index in [1.54, 1.807) is 0 Å². The van der Waals surface area contributed by atoms with Crippen LogP contribution in [0.15, 0.2) is 49.1 Å². The lowest BCUT2D eigenvalue weighted by atomic mass is 10.1. The molecule has 17 heavy (non-hydrogen) atoms. The second-order valence-electron chi connectivity index (χ2n) is 4.54. The lowest BCUT2D eigenvalue weighted by molar-refractivity contribution is 0.425. The Bertz CT molecular complexity index is 420. The Morgan fingerprint density at radius 3 is 2.59 bits per heavy atom. The molecule has 0 aliphatic carbocycles. The first-order chi connectivity index (χ1) is 8.25. The lowest BCUT2D eigenvalue weighted by Gasteiger charge is -2.22. The van der Waals surface area contributed by atoms with Crippen molar-refractivity contribution in [1.82, 2.24) is 14.9 Å². The summed E-state index contributed by atoms with van der Waals surface area (Å²) in [5.41, 5.74) is 1.31. The number of nitrogens with zero attached hydrogens (tertiary/aromatic N) is 2. The highest BCUT2D eigenvalue weighted by atomic mass is 15.1. The molecule has 2 rings (SSSR count). The van der Waals surface area contributed by atoms with Gasteiger partial charge in [0.2, 0.25) is 0 Å². The van der Waals surface area contributed by atoms with E-state index in [1.807, 2.05) is 24.8 Å². The van der Waals surface area contributed by atoms with E-state index < -0.39 is 0 Å². The minimum absolute atomic E-state index is 0.324. The average molecular weight is 229 g/mol. The summed E-state index contributed by atoms with van der Waals surface area (Å²) in [7, 11) is 0. The van der Waals surface area contributed by atoms with Gasteiger partial charge in [-0.1, -0.05) is 44.2 Å². The van der Waals surface area contributed by atoms with Gasteiger partial charge in [0.1, 0.15) is 0 Å². The van der Waals surface area contributed by atoms with E-state index in [2.05, 4.69) is 53.0 Å². The SMILES string of the molecule is CC(C)NC(Cn1ccnc1)c1ccccc1. The molecule has 0 bridgehead atoms. The van der Waals surface area contributed by atoms with Crippen LogP contribution in [0.1, 0.15) is 25.5 Å². The molecule has 0 amide bonds. The standard InChI is InChI=1S/C14H19N3/c1-12(2)16-14(10-17-9-8-15-11-17)13-6-4-3-5-7-13/h3-9,11-12,14,16H,10H2,1-2H3. The van der Waals surface area contributed by atoms with Crippen molar-refractivity contribution in [3.63, 3.8) is 0 Å². The van der Waals surface area contributed by atoms with Crippen molar-refractivity contribution in [3.8, 4) is 0 Å². The van der Waals surface area contributed by atoms with Gasteiger partial charge in [0, 0.05) is 25.0 Å². The average Bonchev–Trinajstić information content (AvgIpc) is 2.82. The van der Waals surface area contributed by atoms with Gasteiger partial charge in [0.05, 0.1) is 12.4 Å². The zero-order chi connectivity index (χ0) is 12.1. The van der Waals surface area contributed by atoms with Crippen LogP contribution in [0.25, 0.3) is 0 Å². The van der Waals surface area contributed by atoms with Crippen molar-refractivity contribution < 1.29 is 0 Å². The third-order valence-electron chi connectivity index (χ3n) is 2.69. The van der Waals surface area contributed by atoms with Crippen LogP contribution in [0.3, 0.4) is 0 Å². The molecular weight excluding hydrogens is 210 g/mol. The summed E-state index contributed by atoms with van der Waals surface area (Å²) in [5, 5.41) is 3.59. The predicted molar refractivity (Wildman–Crippen MR) is 69.7 cm³/mol. The number of nitrogens with one attached hydrogen (secondary N) is 1. The highest BCUT2D eigenvalue weighted by molar-refractivity contribution is 5.19. The van der Waals surface area contributed by atoms with Crippen molar-refractivity contribution in [2.45, 2.75) is 32.5 Å². The third kappa shape index (κ3) is 3.43. The van der Waals surface area contributed by atoms with Crippen LogP contribution < -0.4 is 5.32 Å². The van der Waals surface area contributed by atoms with Gasteiger partial charge in [-0.2, -0.15) is 0 Å². The summed E-state index contributed by atoms with van der Waals surface area (Å²) in [6, 6.07) is 11.3. The van der Waals surface area contributed by atoms with Gasteiger partial charge in [-0.05, 0) is 5.56 Å². The molecule has 0 radical (unpaired) electrons. The Kier molecular flexibility index (Phi) is 3.94. The molecule has 90 valence electrons. The van der Waals surface area contributed by atoms with Crippen molar-refractivity contribution in [1.29, 1.82) is 0 Å². The van der Waals surface area contributed by atoms with Crippen molar-refractivity contribution in [2.75, 3.05) is 0 Å². The molecular formula is C14H19N3. The van der Waals surface area contributed by atoms with E-state index in [-0.39, 0.29) is 0 Å². The van der Waals surface area contributed by atoms with Crippen LogP contribution in [0.2, 0.25) is 0 Å². The molecule has 3 heteroatoms. The monoisotopic (exact) mass is 229 g/mol. The number of benzene rings is 1. The molecule has 2 aromatic rings. The first-order valence-corrected chi connectivity index (χ1v) is 6.02. The number of rotatable bonds is 5. The molecule has 1 aromatic heterocycles. The molecule has 0 spiro atoms. The highest BCUT2D eigenvalue weighted by Gasteiger charge is 2.12. The van der Waals surface area contributed by atoms with E-state index in [0.29, 0.717) is 12.1 Å². The zero-order valence-corrected chi connectivity index (χ0v) is 10.4. The van der Waals surface area contributed by atoms with Crippen LogP contribution in [-0.4, -0.2) is 15.6 Å². The van der Waals surface area contributed by atoms with Gasteiger partial charge in [0.25, 0.3) is 0 Å². The Morgan fingerprint density at radius 2 is 2.00 bits per heavy atom. The maximum atomic E-state index is 4.08. The number of hydrogen-bond acceptors (Lipinski definition) is 2. The maximum Gasteiger partial charge on any atom is 0.0946 e. The smallest absolute Gasteiger partial charge is 0.0946 e. The van der Waals surface area contributed by atoms with Gasteiger partial charge in [-0.15, -0.1) is 0 Å². The summed E-state index contributed by atoms with van der Waals surface area (Å²) in [4.78, 5) is 4.08. The number of aromatic nitrogens is 2. The summed E-state index contributed by atoms with van der Waals surface area (Å²) in [6.07, 6.45) is 5.67. The maximum absolute atomic E-state index is 4.08. The minimum atomic E-state index is 0.324. The normalized spacial score (nSPS) is 12.9. The fraction of sp³-hybridized carbons (Fsp3) is 0.357. The molecule has 0 aliphatic heterocycles. The van der Waals surface area contributed by atoms with E-state index in [9.17, 15) is 0 Å². The molecule has 1 N–H and O–H groups in total. The van der Waals surface area contributed by atoms with Crippen molar-refractivity contribution >= 4 is 0 Å². The molecule has 1 unspecified atom stereocenters. The summed E-state index contributed by atoms with van der Waals surface area (Å²) >= 11 is 0. The molecule has 0 fully saturated rings. The zero-order valence-electron chi connectivity index (χ0n) is 10.4. The van der Waals surface area contributed by atoms with Crippen LogP contribution >= 0.6 is 0 Å². The molecule has 1 heterocycles. The van der Waals surface area contributed by atoms with Gasteiger partial charge in [-0.25, -0.2) is 4.98 Å². The number of hydrogen-bond donors (Lipinski definition) is 1. The highest BCUT2D eigenvalue weighted by Crippen LogP contribution is 2.15. The molecule has 0 saturated heterocycles. The predicted octanol–water partition coefficient (Wildman–Crippen LogP) is 2.62. The minimum Gasteiger partial charge on any atom is -0.336 e. The van der Waals surface area contributed by atoms with E-state index in [0.717, 1.165) is 6.54 Å².